The fraction of sp³-hybridized carbons (Fsp3) is 0.286. The fourth-order valence-electron chi connectivity index (χ4n) is 2.35. The quantitative estimate of drug-likeness (QED) is 0.854. The zero-order valence-corrected chi connectivity index (χ0v) is 12.3. The molecule has 0 fully saturated rings. The van der Waals surface area contributed by atoms with E-state index in [4.69, 9.17) is 0 Å². The Hall–Kier alpha value is -1.17. The molecule has 1 aliphatic rings. The lowest BCUT2D eigenvalue weighted by Crippen LogP contribution is -2.35. The number of hydrogen-bond donors (Lipinski definition) is 0. The maximum Gasteiger partial charge on any atom is 0.243 e. The summed E-state index contributed by atoms with van der Waals surface area (Å²) in [5.74, 6) is 0. The number of nitrogens with zero attached hydrogens (tertiary/aromatic N) is 1. The van der Waals surface area contributed by atoms with Gasteiger partial charge in [-0.3, -0.25) is 0 Å². The van der Waals surface area contributed by atoms with Crippen molar-refractivity contribution in [3.63, 3.8) is 0 Å². The summed E-state index contributed by atoms with van der Waals surface area (Å²) >= 11 is 1.71. The van der Waals surface area contributed by atoms with Crippen LogP contribution < -0.4 is 0 Å². The molecule has 0 amide bonds. The molecule has 3 rings (SSSR count). The lowest BCUT2D eigenvalue weighted by Gasteiger charge is -2.26. The maximum atomic E-state index is 12.6. The molecule has 5 heteroatoms. The first-order valence-electron chi connectivity index (χ1n) is 6.19. The van der Waals surface area contributed by atoms with Crippen LogP contribution in [0.1, 0.15) is 16.0 Å². The number of benzene rings is 1. The van der Waals surface area contributed by atoms with Crippen molar-refractivity contribution in [2.75, 3.05) is 6.54 Å². The zero-order valence-electron chi connectivity index (χ0n) is 10.7. The largest absolute Gasteiger partial charge is 0.243 e. The predicted molar refractivity (Wildman–Crippen MR) is 76.8 cm³/mol. The summed E-state index contributed by atoms with van der Waals surface area (Å²) in [6, 6.07) is 9.14. The van der Waals surface area contributed by atoms with Crippen LogP contribution in [0.5, 0.6) is 0 Å². The van der Waals surface area contributed by atoms with E-state index in [1.807, 2.05) is 24.4 Å². The molecule has 0 unspecified atom stereocenters. The number of fused-ring (bicyclic) bond motifs is 1. The van der Waals surface area contributed by atoms with Gasteiger partial charge in [-0.25, -0.2) is 8.42 Å². The molecule has 0 spiro atoms. The SMILES string of the molecule is Cc1cccc(S(=O)(=O)N2CCc3sccc3C2)c1. The van der Waals surface area contributed by atoms with Crippen molar-refractivity contribution >= 4 is 21.4 Å². The Labute approximate surface area is 117 Å². The van der Waals surface area contributed by atoms with E-state index in [1.165, 1.54) is 4.88 Å². The van der Waals surface area contributed by atoms with E-state index in [0.29, 0.717) is 18.0 Å². The van der Waals surface area contributed by atoms with Gasteiger partial charge in [-0.05, 0) is 48.1 Å². The Morgan fingerprint density at radius 1 is 1.26 bits per heavy atom. The minimum atomic E-state index is -3.37. The second-order valence-electron chi connectivity index (χ2n) is 4.77. The standard InChI is InChI=1S/C14H15NO2S2/c1-11-3-2-4-13(9-11)19(16,17)15-7-5-14-12(10-15)6-8-18-14/h2-4,6,8-9H,5,7,10H2,1H3. The Morgan fingerprint density at radius 2 is 2.11 bits per heavy atom. The molecule has 100 valence electrons. The van der Waals surface area contributed by atoms with Crippen LogP contribution in [0.25, 0.3) is 0 Å². The molecule has 1 aliphatic heterocycles. The molecule has 19 heavy (non-hydrogen) atoms. The van der Waals surface area contributed by atoms with E-state index in [9.17, 15) is 8.42 Å². The summed E-state index contributed by atoms with van der Waals surface area (Å²) in [5, 5.41) is 2.04. The van der Waals surface area contributed by atoms with Gasteiger partial charge in [0.05, 0.1) is 4.90 Å². The highest BCUT2D eigenvalue weighted by Gasteiger charge is 2.28. The molecule has 0 N–H and O–H groups in total. The third kappa shape index (κ3) is 2.33. The van der Waals surface area contributed by atoms with Gasteiger partial charge in [0.15, 0.2) is 0 Å². The molecule has 2 heterocycles. The van der Waals surface area contributed by atoms with Crippen LogP contribution >= 0.6 is 11.3 Å². The highest BCUT2D eigenvalue weighted by Crippen LogP contribution is 2.28. The van der Waals surface area contributed by atoms with Gasteiger partial charge in [-0.2, -0.15) is 4.31 Å². The van der Waals surface area contributed by atoms with Crippen molar-refractivity contribution in [3.05, 3.63) is 51.7 Å². The molecule has 0 aliphatic carbocycles. The van der Waals surface area contributed by atoms with Crippen LogP contribution in [0, 0.1) is 6.92 Å². The van der Waals surface area contributed by atoms with E-state index in [1.54, 1.807) is 33.8 Å². The second-order valence-corrected chi connectivity index (χ2v) is 7.71. The molecule has 0 bridgehead atoms. The van der Waals surface area contributed by atoms with Crippen molar-refractivity contribution in [3.8, 4) is 0 Å². The number of aryl methyl sites for hydroxylation is 1. The van der Waals surface area contributed by atoms with Crippen molar-refractivity contribution in [1.29, 1.82) is 0 Å². The van der Waals surface area contributed by atoms with Crippen LogP contribution in [0.2, 0.25) is 0 Å². The first kappa shape index (κ1) is 12.8. The monoisotopic (exact) mass is 293 g/mol. The fourth-order valence-corrected chi connectivity index (χ4v) is 4.77. The predicted octanol–water partition coefficient (Wildman–Crippen LogP) is 2.80. The molecule has 2 aromatic rings. The zero-order chi connectivity index (χ0) is 13.5. The smallest absolute Gasteiger partial charge is 0.207 e. The third-order valence-corrected chi connectivity index (χ3v) is 6.26. The third-order valence-electron chi connectivity index (χ3n) is 3.40. The molecule has 0 radical (unpaired) electrons. The van der Waals surface area contributed by atoms with Gasteiger partial charge in [0.25, 0.3) is 0 Å². The first-order valence-corrected chi connectivity index (χ1v) is 8.51. The number of hydrogen-bond acceptors (Lipinski definition) is 3. The van der Waals surface area contributed by atoms with Gasteiger partial charge in [-0.1, -0.05) is 12.1 Å². The van der Waals surface area contributed by atoms with E-state index in [0.717, 1.165) is 17.5 Å². The van der Waals surface area contributed by atoms with Crippen molar-refractivity contribution in [1.82, 2.24) is 4.31 Å². The van der Waals surface area contributed by atoms with Crippen LogP contribution in [-0.2, 0) is 23.0 Å². The summed E-state index contributed by atoms with van der Waals surface area (Å²) in [6.07, 6.45) is 0.818. The van der Waals surface area contributed by atoms with Gasteiger partial charge in [0.1, 0.15) is 0 Å². The van der Waals surface area contributed by atoms with Crippen molar-refractivity contribution in [2.24, 2.45) is 0 Å². The summed E-state index contributed by atoms with van der Waals surface area (Å²) < 4.78 is 26.8. The lowest BCUT2D eigenvalue weighted by atomic mass is 10.1. The summed E-state index contributed by atoms with van der Waals surface area (Å²) in [5.41, 5.74) is 2.11. The molecule has 0 saturated carbocycles. The number of thiophene rings is 1. The summed E-state index contributed by atoms with van der Waals surface area (Å²) in [6.45, 7) is 2.98. The normalized spacial score (nSPS) is 16.3. The van der Waals surface area contributed by atoms with Crippen LogP contribution in [0.3, 0.4) is 0 Å². The summed E-state index contributed by atoms with van der Waals surface area (Å²) in [7, 11) is -3.37. The maximum absolute atomic E-state index is 12.6. The average Bonchev–Trinajstić information content (AvgIpc) is 2.85. The van der Waals surface area contributed by atoms with Crippen molar-refractivity contribution < 1.29 is 8.42 Å². The van der Waals surface area contributed by atoms with Crippen LogP contribution in [0.15, 0.2) is 40.6 Å². The lowest BCUT2D eigenvalue weighted by molar-refractivity contribution is 0.394. The Bertz CT molecular complexity index is 704. The van der Waals surface area contributed by atoms with Crippen LogP contribution in [-0.4, -0.2) is 19.3 Å². The topological polar surface area (TPSA) is 37.4 Å². The molecule has 1 aromatic carbocycles. The molecular weight excluding hydrogens is 278 g/mol. The van der Waals surface area contributed by atoms with Gasteiger partial charge < -0.3 is 0 Å². The Balaban J connectivity index is 1.94. The van der Waals surface area contributed by atoms with Gasteiger partial charge in [-0.15, -0.1) is 11.3 Å². The van der Waals surface area contributed by atoms with Crippen LogP contribution in [0.4, 0.5) is 0 Å². The molecule has 0 saturated heterocycles. The average molecular weight is 293 g/mol. The van der Waals surface area contributed by atoms with Gasteiger partial charge >= 0.3 is 0 Å². The van der Waals surface area contributed by atoms with E-state index in [-0.39, 0.29) is 0 Å². The molecule has 3 nitrogen and oxygen atoms in total. The van der Waals surface area contributed by atoms with E-state index >= 15 is 0 Å². The highest BCUT2D eigenvalue weighted by atomic mass is 32.2. The highest BCUT2D eigenvalue weighted by molar-refractivity contribution is 7.89. The summed E-state index contributed by atoms with van der Waals surface area (Å²) in [4.78, 5) is 1.71. The Morgan fingerprint density at radius 3 is 2.89 bits per heavy atom. The van der Waals surface area contributed by atoms with E-state index in [2.05, 4.69) is 0 Å². The minimum absolute atomic E-state index is 0.395. The molecular formula is C14H15NO2S2. The second kappa shape index (κ2) is 4.74. The van der Waals surface area contributed by atoms with Gasteiger partial charge in [0.2, 0.25) is 10.0 Å². The van der Waals surface area contributed by atoms with Gasteiger partial charge in [0, 0.05) is 18.0 Å². The minimum Gasteiger partial charge on any atom is -0.207 e. The molecule has 0 atom stereocenters. The first-order chi connectivity index (χ1) is 9.07. The van der Waals surface area contributed by atoms with Crippen molar-refractivity contribution in [2.45, 2.75) is 24.8 Å². The Kier molecular flexibility index (Phi) is 3.20. The number of rotatable bonds is 2. The van der Waals surface area contributed by atoms with E-state index < -0.39 is 10.0 Å². The molecule has 1 aromatic heterocycles. The number of sulfonamides is 1.